The van der Waals surface area contributed by atoms with Crippen molar-refractivity contribution in [3.05, 3.63) is 42.1 Å². The van der Waals surface area contributed by atoms with Gasteiger partial charge in [0.2, 0.25) is 5.91 Å². The van der Waals surface area contributed by atoms with E-state index < -0.39 is 0 Å². The van der Waals surface area contributed by atoms with Gasteiger partial charge in [-0.3, -0.25) is 14.8 Å². The highest BCUT2D eigenvalue weighted by molar-refractivity contribution is 5.81. The standard InChI is InChI=1S/C19H26N4O/c1-22-12-8-4-7-11-18(22)19(24)23(2)14-16-13-17(21-20-16)15-9-5-3-6-10-15/h3,5-6,9-10,13,18H,4,7-8,11-12,14H2,1-2H3,(H,20,21)/t18-/m1/s1. The van der Waals surface area contributed by atoms with Gasteiger partial charge in [-0.15, -0.1) is 0 Å². The van der Waals surface area contributed by atoms with Gasteiger partial charge < -0.3 is 4.90 Å². The van der Waals surface area contributed by atoms with Crippen LogP contribution in [0.5, 0.6) is 0 Å². The summed E-state index contributed by atoms with van der Waals surface area (Å²) in [6.45, 7) is 1.56. The molecule has 5 nitrogen and oxygen atoms in total. The van der Waals surface area contributed by atoms with E-state index in [1.54, 1.807) is 0 Å². The number of H-pyrrole nitrogens is 1. The molecule has 24 heavy (non-hydrogen) atoms. The number of likely N-dealkylation sites (N-methyl/N-ethyl adjacent to an activating group) is 2. The second-order valence-electron chi connectivity index (χ2n) is 6.68. The van der Waals surface area contributed by atoms with Crippen LogP contribution in [0.3, 0.4) is 0 Å². The fraction of sp³-hybridized carbons (Fsp3) is 0.474. The van der Waals surface area contributed by atoms with Crippen molar-refractivity contribution in [3.63, 3.8) is 0 Å². The average Bonchev–Trinajstić information content (AvgIpc) is 2.96. The molecule has 1 atom stereocenters. The highest BCUT2D eigenvalue weighted by atomic mass is 16.2. The molecule has 0 aliphatic carbocycles. The zero-order valence-electron chi connectivity index (χ0n) is 14.5. The molecule has 1 aromatic carbocycles. The Morgan fingerprint density at radius 1 is 1.29 bits per heavy atom. The first-order chi connectivity index (χ1) is 11.6. The summed E-state index contributed by atoms with van der Waals surface area (Å²) in [6.07, 6.45) is 4.50. The quantitative estimate of drug-likeness (QED) is 0.940. The lowest BCUT2D eigenvalue weighted by Gasteiger charge is -2.28. The van der Waals surface area contributed by atoms with Crippen LogP contribution in [0.2, 0.25) is 0 Å². The fourth-order valence-electron chi connectivity index (χ4n) is 3.35. The Kier molecular flexibility index (Phi) is 5.30. The molecule has 128 valence electrons. The minimum Gasteiger partial charge on any atom is -0.339 e. The van der Waals surface area contributed by atoms with E-state index in [9.17, 15) is 4.79 Å². The smallest absolute Gasteiger partial charge is 0.240 e. The van der Waals surface area contributed by atoms with Crippen molar-refractivity contribution in [2.75, 3.05) is 20.6 Å². The second-order valence-corrected chi connectivity index (χ2v) is 6.68. The summed E-state index contributed by atoms with van der Waals surface area (Å²) >= 11 is 0. The molecule has 1 aromatic heterocycles. The molecule has 1 fully saturated rings. The molecule has 0 bridgehead atoms. The van der Waals surface area contributed by atoms with Gasteiger partial charge in [-0.25, -0.2) is 0 Å². The van der Waals surface area contributed by atoms with Gasteiger partial charge >= 0.3 is 0 Å². The van der Waals surface area contributed by atoms with Crippen molar-refractivity contribution >= 4 is 5.91 Å². The van der Waals surface area contributed by atoms with Crippen LogP contribution in [-0.2, 0) is 11.3 Å². The molecule has 2 aromatic rings. The van der Waals surface area contributed by atoms with Crippen LogP contribution in [-0.4, -0.2) is 52.6 Å². The second kappa shape index (κ2) is 7.62. The number of carbonyl (C=O) groups excluding carboxylic acids is 1. The molecule has 1 saturated heterocycles. The minimum atomic E-state index is 0.00835. The van der Waals surface area contributed by atoms with Crippen molar-refractivity contribution in [3.8, 4) is 11.3 Å². The molecule has 5 heteroatoms. The van der Waals surface area contributed by atoms with Gasteiger partial charge in [0.05, 0.1) is 24.0 Å². The van der Waals surface area contributed by atoms with E-state index in [1.165, 1.54) is 12.8 Å². The molecule has 3 rings (SSSR count). The van der Waals surface area contributed by atoms with Crippen molar-refractivity contribution in [1.82, 2.24) is 20.0 Å². The number of aromatic amines is 1. The lowest BCUT2D eigenvalue weighted by molar-refractivity contribution is -0.135. The highest BCUT2D eigenvalue weighted by Gasteiger charge is 2.27. The lowest BCUT2D eigenvalue weighted by atomic mass is 10.1. The Labute approximate surface area is 143 Å². The number of hydrogen-bond acceptors (Lipinski definition) is 3. The third-order valence-corrected chi connectivity index (χ3v) is 4.79. The van der Waals surface area contributed by atoms with Crippen LogP contribution in [0.25, 0.3) is 11.3 Å². The number of aromatic nitrogens is 2. The molecule has 1 N–H and O–H groups in total. The molecule has 0 spiro atoms. The maximum absolute atomic E-state index is 12.8. The third-order valence-electron chi connectivity index (χ3n) is 4.79. The molecule has 0 saturated carbocycles. The normalized spacial score (nSPS) is 19.0. The monoisotopic (exact) mass is 326 g/mol. The van der Waals surface area contributed by atoms with Gasteiger partial charge in [0.25, 0.3) is 0 Å². The van der Waals surface area contributed by atoms with Crippen LogP contribution >= 0.6 is 0 Å². The van der Waals surface area contributed by atoms with Gasteiger partial charge in [-0.05, 0) is 32.5 Å². The first kappa shape index (κ1) is 16.7. The number of nitrogens with one attached hydrogen (secondary N) is 1. The van der Waals surface area contributed by atoms with Crippen molar-refractivity contribution in [1.29, 1.82) is 0 Å². The summed E-state index contributed by atoms with van der Waals surface area (Å²) in [5.41, 5.74) is 2.96. The van der Waals surface area contributed by atoms with Crippen molar-refractivity contribution < 1.29 is 4.79 Å². The van der Waals surface area contributed by atoms with Gasteiger partial charge in [-0.1, -0.05) is 43.2 Å². The van der Waals surface area contributed by atoms with E-state index in [0.29, 0.717) is 6.54 Å². The molecular formula is C19H26N4O. The Morgan fingerprint density at radius 2 is 2.08 bits per heavy atom. The van der Waals surface area contributed by atoms with E-state index in [1.807, 2.05) is 48.3 Å². The maximum atomic E-state index is 12.8. The topological polar surface area (TPSA) is 52.2 Å². The molecule has 1 aliphatic rings. The SMILES string of the molecule is CN(Cc1cc(-c2ccccc2)n[nH]1)C(=O)[C@H]1CCCCCN1C. The average molecular weight is 326 g/mol. The van der Waals surface area contributed by atoms with Crippen molar-refractivity contribution in [2.45, 2.75) is 38.3 Å². The Morgan fingerprint density at radius 3 is 2.88 bits per heavy atom. The van der Waals surface area contributed by atoms with E-state index in [4.69, 9.17) is 0 Å². The molecule has 1 aliphatic heterocycles. The number of benzene rings is 1. The summed E-state index contributed by atoms with van der Waals surface area (Å²) in [5, 5.41) is 7.43. The number of hydrogen-bond donors (Lipinski definition) is 1. The number of carbonyl (C=O) groups is 1. The zero-order valence-corrected chi connectivity index (χ0v) is 14.5. The first-order valence-corrected chi connectivity index (χ1v) is 8.70. The molecule has 0 radical (unpaired) electrons. The summed E-state index contributed by atoms with van der Waals surface area (Å²) < 4.78 is 0. The lowest BCUT2D eigenvalue weighted by Crippen LogP contribution is -2.45. The summed E-state index contributed by atoms with van der Waals surface area (Å²) in [5.74, 6) is 0.204. The van der Waals surface area contributed by atoms with Crippen molar-refractivity contribution in [2.24, 2.45) is 0 Å². The van der Waals surface area contributed by atoms with E-state index in [0.717, 1.165) is 36.3 Å². The number of amides is 1. The minimum absolute atomic E-state index is 0.00835. The van der Waals surface area contributed by atoms with E-state index in [-0.39, 0.29) is 11.9 Å². The first-order valence-electron chi connectivity index (χ1n) is 8.70. The predicted molar refractivity (Wildman–Crippen MR) is 95.4 cm³/mol. The van der Waals surface area contributed by atoms with Gasteiger partial charge in [0.1, 0.15) is 0 Å². The Bertz CT molecular complexity index is 667. The largest absolute Gasteiger partial charge is 0.339 e. The molecule has 0 unspecified atom stereocenters. The zero-order chi connectivity index (χ0) is 16.9. The number of rotatable bonds is 4. The number of likely N-dealkylation sites (tertiary alicyclic amines) is 1. The van der Waals surface area contributed by atoms with E-state index >= 15 is 0 Å². The van der Waals surface area contributed by atoms with Gasteiger partial charge in [0, 0.05) is 12.6 Å². The summed E-state index contributed by atoms with van der Waals surface area (Å²) in [6, 6.07) is 12.1. The molecule has 1 amide bonds. The Balaban J connectivity index is 1.65. The maximum Gasteiger partial charge on any atom is 0.240 e. The van der Waals surface area contributed by atoms with Crippen LogP contribution < -0.4 is 0 Å². The Hall–Kier alpha value is -2.14. The summed E-state index contributed by atoms with van der Waals surface area (Å²) in [7, 11) is 3.94. The van der Waals surface area contributed by atoms with Gasteiger partial charge in [0.15, 0.2) is 0 Å². The van der Waals surface area contributed by atoms with Crippen LogP contribution in [0.4, 0.5) is 0 Å². The van der Waals surface area contributed by atoms with Gasteiger partial charge in [-0.2, -0.15) is 5.10 Å². The third kappa shape index (κ3) is 3.85. The number of nitrogens with zero attached hydrogens (tertiary/aromatic N) is 3. The molecule has 2 heterocycles. The predicted octanol–water partition coefficient (Wildman–Crippen LogP) is 2.91. The van der Waals surface area contributed by atoms with Crippen LogP contribution in [0.1, 0.15) is 31.4 Å². The van der Waals surface area contributed by atoms with E-state index in [2.05, 4.69) is 22.1 Å². The van der Waals surface area contributed by atoms with Crippen LogP contribution in [0, 0.1) is 0 Å². The van der Waals surface area contributed by atoms with Crippen LogP contribution in [0.15, 0.2) is 36.4 Å². The summed E-state index contributed by atoms with van der Waals surface area (Å²) in [4.78, 5) is 16.8. The molecular weight excluding hydrogens is 300 g/mol. The highest BCUT2D eigenvalue weighted by Crippen LogP contribution is 2.19. The fourth-order valence-corrected chi connectivity index (χ4v) is 3.35.